The number of rotatable bonds is 5. The molecule has 1 aromatic heterocycles. The first-order valence-electron chi connectivity index (χ1n) is 6.39. The van der Waals surface area contributed by atoms with Crippen molar-refractivity contribution in [3.8, 4) is 0 Å². The maximum Gasteiger partial charge on any atom is 0.201 e. The fourth-order valence-corrected chi connectivity index (χ4v) is 2.18. The molecule has 0 bridgehead atoms. The number of nitrogens with zero attached hydrogens (tertiary/aromatic N) is 3. The lowest BCUT2D eigenvalue weighted by atomic mass is 10.3. The van der Waals surface area contributed by atoms with Crippen LogP contribution >= 0.6 is 0 Å². The van der Waals surface area contributed by atoms with Crippen LogP contribution in [0.2, 0.25) is 0 Å². The topological polar surface area (TPSA) is 47.1 Å². The van der Waals surface area contributed by atoms with E-state index >= 15 is 0 Å². The normalized spacial score (nSPS) is 11.6. The molecule has 2 N–H and O–H groups in total. The molecule has 2 aromatic rings. The van der Waals surface area contributed by atoms with E-state index in [0.717, 1.165) is 25.7 Å². The number of hydrogen-bond donors (Lipinski definition) is 1. The minimum atomic E-state index is -0.678. The van der Waals surface area contributed by atoms with Gasteiger partial charge >= 0.3 is 0 Å². The highest BCUT2D eigenvalue weighted by atomic mass is 19.1. The Kier molecular flexibility index (Phi) is 3.99. The molecular formula is C13H18F2N4. The van der Waals surface area contributed by atoms with Gasteiger partial charge in [-0.15, -0.1) is 0 Å². The van der Waals surface area contributed by atoms with Crippen LogP contribution in [0.5, 0.6) is 0 Å². The van der Waals surface area contributed by atoms with Crippen LogP contribution in [0.1, 0.15) is 13.8 Å². The monoisotopic (exact) mass is 268 g/mol. The van der Waals surface area contributed by atoms with Gasteiger partial charge in [-0.2, -0.15) is 0 Å². The molecule has 2 rings (SSSR count). The van der Waals surface area contributed by atoms with Crippen molar-refractivity contribution in [2.45, 2.75) is 20.4 Å². The van der Waals surface area contributed by atoms with Crippen molar-refractivity contribution in [1.82, 2.24) is 14.5 Å². The number of likely N-dealkylation sites (N-methyl/N-ethyl adjacent to an activating group) is 1. The van der Waals surface area contributed by atoms with Gasteiger partial charge in [-0.3, -0.25) is 0 Å². The molecular weight excluding hydrogens is 250 g/mol. The zero-order valence-corrected chi connectivity index (χ0v) is 11.2. The van der Waals surface area contributed by atoms with Crippen molar-refractivity contribution in [2.75, 3.05) is 25.4 Å². The molecule has 0 aliphatic rings. The molecule has 19 heavy (non-hydrogen) atoms. The van der Waals surface area contributed by atoms with E-state index in [-0.39, 0.29) is 11.5 Å². The van der Waals surface area contributed by atoms with Crippen molar-refractivity contribution >= 4 is 17.0 Å². The van der Waals surface area contributed by atoms with Crippen molar-refractivity contribution in [2.24, 2.45) is 0 Å². The van der Waals surface area contributed by atoms with E-state index < -0.39 is 11.6 Å². The number of anilines is 1. The summed E-state index contributed by atoms with van der Waals surface area (Å²) in [6, 6.07) is 2.09. The molecule has 1 aromatic carbocycles. The summed E-state index contributed by atoms with van der Waals surface area (Å²) in [6.07, 6.45) is 0. The summed E-state index contributed by atoms with van der Waals surface area (Å²) in [5, 5.41) is 0. The van der Waals surface area contributed by atoms with E-state index in [0.29, 0.717) is 12.1 Å². The first kappa shape index (κ1) is 13.7. The average Bonchev–Trinajstić information content (AvgIpc) is 2.68. The van der Waals surface area contributed by atoms with Gasteiger partial charge in [0.25, 0.3) is 0 Å². The average molecular weight is 268 g/mol. The Morgan fingerprint density at radius 2 is 1.95 bits per heavy atom. The van der Waals surface area contributed by atoms with Crippen LogP contribution in [0, 0.1) is 11.6 Å². The Morgan fingerprint density at radius 1 is 1.26 bits per heavy atom. The number of aromatic nitrogens is 2. The molecule has 0 saturated heterocycles. The fraction of sp³-hybridized carbons (Fsp3) is 0.462. The van der Waals surface area contributed by atoms with E-state index in [1.54, 1.807) is 4.57 Å². The summed E-state index contributed by atoms with van der Waals surface area (Å²) in [5.74, 6) is -1.08. The zero-order chi connectivity index (χ0) is 14.0. The van der Waals surface area contributed by atoms with E-state index in [1.807, 2.05) is 0 Å². The fourth-order valence-electron chi connectivity index (χ4n) is 2.18. The predicted octanol–water partition coefficient (Wildman–Crippen LogP) is 2.24. The van der Waals surface area contributed by atoms with Crippen LogP contribution in [0.15, 0.2) is 12.1 Å². The Morgan fingerprint density at radius 3 is 2.58 bits per heavy atom. The smallest absolute Gasteiger partial charge is 0.201 e. The van der Waals surface area contributed by atoms with E-state index in [2.05, 4.69) is 23.7 Å². The number of nitrogens with two attached hydrogens (primary N) is 1. The molecule has 6 heteroatoms. The number of imidazole rings is 1. The lowest BCUT2D eigenvalue weighted by Crippen LogP contribution is -2.27. The van der Waals surface area contributed by atoms with Crippen LogP contribution < -0.4 is 5.73 Å². The molecule has 0 radical (unpaired) electrons. The largest absolute Gasteiger partial charge is 0.369 e. The van der Waals surface area contributed by atoms with Gasteiger partial charge < -0.3 is 15.2 Å². The highest BCUT2D eigenvalue weighted by Gasteiger charge is 2.14. The summed E-state index contributed by atoms with van der Waals surface area (Å²) in [4.78, 5) is 6.17. The van der Waals surface area contributed by atoms with Crippen molar-refractivity contribution in [3.63, 3.8) is 0 Å². The molecule has 0 unspecified atom stereocenters. The highest BCUT2D eigenvalue weighted by molar-refractivity contribution is 5.79. The van der Waals surface area contributed by atoms with Gasteiger partial charge in [0.2, 0.25) is 5.95 Å². The summed E-state index contributed by atoms with van der Waals surface area (Å²) in [6.45, 7) is 7.31. The Hall–Kier alpha value is -1.69. The Bertz CT molecular complexity index is 576. The lowest BCUT2D eigenvalue weighted by Gasteiger charge is -2.18. The Balaban J connectivity index is 2.34. The quantitative estimate of drug-likeness (QED) is 0.904. The third kappa shape index (κ3) is 2.68. The van der Waals surface area contributed by atoms with Gasteiger partial charge in [0.15, 0.2) is 5.82 Å². The molecule has 1 heterocycles. The molecule has 4 nitrogen and oxygen atoms in total. The number of nitrogen functional groups attached to an aromatic ring is 1. The maximum atomic E-state index is 13.6. The second-order valence-electron chi connectivity index (χ2n) is 4.40. The van der Waals surface area contributed by atoms with Gasteiger partial charge in [0, 0.05) is 25.2 Å². The molecule has 0 spiro atoms. The van der Waals surface area contributed by atoms with Gasteiger partial charge in [-0.05, 0) is 13.1 Å². The molecule has 0 saturated carbocycles. The molecule has 0 amide bonds. The Labute approximate surface area is 110 Å². The van der Waals surface area contributed by atoms with Gasteiger partial charge in [-0.25, -0.2) is 13.8 Å². The van der Waals surface area contributed by atoms with E-state index in [1.165, 1.54) is 6.07 Å². The highest BCUT2D eigenvalue weighted by Crippen LogP contribution is 2.22. The van der Waals surface area contributed by atoms with Crippen LogP contribution in [-0.2, 0) is 6.54 Å². The van der Waals surface area contributed by atoms with Gasteiger partial charge in [0.1, 0.15) is 11.3 Å². The van der Waals surface area contributed by atoms with Crippen LogP contribution in [0.3, 0.4) is 0 Å². The van der Waals surface area contributed by atoms with Crippen LogP contribution in [0.4, 0.5) is 14.7 Å². The van der Waals surface area contributed by atoms with E-state index in [4.69, 9.17) is 5.73 Å². The molecule has 0 aliphatic carbocycles. The molecule has 0 atom stereocenters. The second kappa shape index (κ2) is 5.52. The predicted molar refractivity (Wildman–Crippen MR) is 71.8 cm³/mol. The van der Waals surface area contributed by atoms with Crippen LogP contribution in [0.25, 0.3) is 11.0 Å². The van der Waals surface area contributed by atoms with Crippen molar-refractivity contribution in [1.29, 1.82) is 0 Å². The third-order valence-electron chi connectivity index (χ3n) is 3.34. The lowest BCUT2D eigenvalue weighted by molar-refractivity contribution is 0.292. The summed E-state index contributed by atoms with van der Waals surface area (Å²) < 4.78 is 28.5. The SMILES string of the molecule is CCN(CC)CCn1c(N)nc2c(F)cc(F)cc21. The number of halogens is 2. The zero-order valence-electron chi connectivity index (χ0n) is 11.2. The number of benzene rings is 1. The summed E-state index contributed by atoms with van der Waals surface area (Å²) >= 11 is 0. The van der Waals surface area contributed by atoms with Crippen molar-refractivity contribution < 1.29 is 8.78 Å². The number of hydrogen-bond acceptors (Lipinski definition) is 3. The van der Waals surface area contributed by atoms with Crippen LogP contribution in [-0.4, -0.2) is 34.1 Å². The van der Waals surface area contributed by atoms with Gasteiger partial charge in [-0.1, -0.05) is 13.8 Å². The van der Waals surface area contributed by atoms with E-state index in [9.17, 15) is 8.78 Å². The minimum Gasteiger partial charge on any atom is -0.369 e. The standard InChI is InChI=1S/C13H18F2N4/c1-3-18(4-2)5-6-19-11-8-9(14)7-10(15)12(11)17-13(19)16/h7-8H,3-6H2,1-2H3,(H2,16,17). The summed E-state index contributed by atoms with van der Waals surface area (Å²) in [7, 11) is 0. The third-order valence-corrected chi connectivity index (χ3v) is 3.34. The second-order valence-corrected chi connectivity index (χ2v) is 4.40. The molecule has 104 valence electrons. The van der Waals surface area contributed by atoms with Crippen molar-refractivity contribution in [3.05, 3.63) is 23.8 Å². The molecule has 0 fully saturated rings. The maximum absolute atomic E-state index is 13.6. The first-order valence-corrected chi connectivity index (χ1v) is 6.39. The molecule has 0 aliphatic heterocycles. The van der Waals surface area contributed by atoms with Gasteiger partial charge in [0.05, 0.1) is 5.52 Å². The number of fused-ring (bicyclic) bond motifs is 1. The summed E-state index contributed by atoms with van der Waals surface area (Å²) in [5.41, 5.74) is 6.31. The minimum absolute atomic E-state index is 0.124. The first-order chi connectivity index (χ1) is 9.06.